The highest BCUT2D eigenvalue weighted by Crippen LogP contribution is 2.13. The summed E-state index contributed by atoms with van der Waals surface area (Å²) in [6, 6.07) is -0.737. The van der Waals surface area contributed by atoms with E-state index in [4.69, 9.17) is 14.2 Å². The molecular formula is C48H79NO7. The highest BCUT2D eigenvalue weighted by atomic mass is 16.6. The van der Waals surface area contributed by atoms with Gasteiger partial charge in [-0.15, -0.1) is 0 Å². The summed E-state index contributed by atoms with van der Waals surface area (Å²) in [5, 5.41) is 11.6. The van der Waals surface area contributed by atoms with Gasteiger partial charge in [0.1, 0.15) is 12.6 Å². The van der Waals surface area contributed by atoms with Gasteiger partial charge in [0.15, 0.2) is 6.10 Å². The number of esters is 2. The molecule has 0 aromatic heterocycles. The van der Waals surface area contributed by atoms with Crippen LogP contribution in [0.15, 0.2) is 85.1 Å². The number of likely N-dealkylation sites (N-methyl/N-ethyl adjacent to an activating group) is 1. The summed E-state index contributed by atoms with van der Waals surface area (Å²) in [5.41, 5.74) is 0. The average molecular weight is 782 g/mol. The fourth-order valence-electron chi connectivity index (χ4n) is 5.80. The molecule has 8 heteroatoms. The van der Waals surface area contributed by atoms with Crippen molar-refractivity contribution in [3.8, 4) is 0 Å². The molecule has 0 heterocycles. The fourth-order valence-corrected chi connectivity index (χ4v) is 5.80. The quantitative estimate of drug-likeness (QED) is 0.0203. The minimum Gasteiger partial charge on any atom is -0.544 e. The smallest absolute Gasteiger partial charge is 0.306 e. The highest BCUT2D eigenvalue weighted by Gasteiger charge is 2.25. The molecule has 0 aliphatic carbocycles. The van der Waals surface area contributed by atoms with Gasteiger partial charge in [0.25, 0.3) is 0 Å². The molecule has 318 valence electrons. The first-order chi connectivity index (χ1) is 27.1. The molecule has 8 nitrogen and oxygen atoms in total. The van der Waals surface area contributed by atoms with Crippen LogP contribution in [0.1, 0.15) is 149 Å². The molecule has 56 heavy (non-hydrogen) atoms. The van der Waals surface area contributed by atoms with E-state index in [1.54, 1.807) is 21.1 Å². The van der Waals surface area contributed by atoms with Crippen LogP contribution < -0.4 is 5.11 Å². The van der Waals surface area contributed by atoms with E-state index in [-0.39, 0.29) is 42.7 Å². The van der Waals surface area contributed by atoms with Crippen LogP contribution in [0.3, 0.4) is 0 Å². The lowest BCUT2D eigenvalue weighted by atomic mass is 10.1. The monoisotopic (exact) mass is 782 g/mol. The van der Waals surface area contributed by atoms with Crippen LogP contribution in [0.5, 0.6) is 0 Å². The maximum absolute atomic E-state index is 12.7. The largest absolute Gasteiger partial charge is 0.544 e. The summed E-state index contributed by atoms with van der Waals surface area (Å²) >= 11 is 0. The van der Waals surface area contributed by atoms with Crippen molar-refractivity contribution in [2.24, 2.45) is 0 Å². The SMILES string of the molecule is CC/C=C/C=C/C=C/C=C/CCCCCC(=O)OCC(COCCC(C(=O)[O-])[N+](C)(C)C)OC(=O)CCCCCCCCCCC/C=C/C/C=C/C/C=C/CC. The minimum atomic E-state index is -1.14. The molecule has 0 aliphatic heterocycles. The van der Waals surface area contributed by atoms with E-state index in [1.807, 2.05) is 36.5 Å². The van der Waals surface area contributed by atoms with E-state index in [9.17, 15) is 19.5 Å². The number of carboxylic acids is 1. The van der Waals surface area contributed by atoms with Crippen molar-refractivity contribution >= 4 is 17.9 Å². The van der Waals surface area contributed by atoms with Crippen LogP contribution in [-0.2, 0) is 28.6 Å². The van der Waals surface area contributed by atoms with Gasteiger partial charge in [-0.2, -0.15) is 0 Å². The number of carbonyl (C=O) groups excluding carboxylic acids is 3. The van der Waals surface area contributed by atoms with Gasteiger partial charge in [0, 0.05) is 19.3 Å². The maximum atomic E-state index is 12.7. The van der Waals surface area contributed by atoms with Crippen LogP contribution in [0, 0.1) is 0 Å². The zero-order valence-electron chi connectivity index (χ0n) is 36.0. The van der Waals surface area contributed by atoms with E-state index >= 15 is 0 Å². The third kappa shape index (κ3) is 36.2. The molecule has 2 atom stereocenters. The third-order valence-electron chi connectivity index (χ3n) is 9.12. The molecule has 0 bridgehead atoms. The van der Waals surface area contributed by atoms with E-state index in [2.05, 4.69) is 62.5 Å². The van der Waals surface area contributed by atoms with E-state index in [0.717, 1.165) is 77.0 Å². The van der Waals surface area contributed by atoms with Crippen molar-refractivity contribution in [2.45, 2.75) is 161 Å². The molecular weight excluding hydrogens is 703 g/mol. The second kappa shape index (κ2) is 38.4. The zero-order chi connectivity index (χ0) is 41.4. The van der Waals surface area contributed by atoms with E-state index in [1.165, 1.54) is 38.5 Å². The molecule has 0 aliphatic rings. The average Bonchev–Trinajstić information content (AvgIpc) is 3.15. The lowest BCUT2D eigenvalue weighted by Gasteiger charge is -2.34. The van der Waals surface area contributed by atoms with Crippen molar-refractivity contribution in [1.82, 2.24) is 0 Å². The van der Waals surface area contributed by atoms with Crippen LogP contribution in [0.2, 0.25) is 0 Å². The third-order valence-corrected chi connectivity index (χ3v) is 9.12. The van der Waals surface area contributed by atoms with Gasteiger partial charge in [-0.1, -0.05) is 150 Å². The molecule has 0 amide bonds. The molecule has 0 aromatic rings. The van der Waals surface area contributed by atoms with Crippen molar-refractivity contribution in [1.29, 1.82) is 0 Å². The Hall–Kier alpha value is -3.49. The number of allylic oxidation sites excluding steroid dienone is 14. The molecule has 0 rings (SSSR count). The normalized spacial score (nSPS) is 13.8. The number of hydrogen-bond donors (Lipinski definition) is 0. The number of carboxylic acid groups (broad SMARTS) is 1. The Bertz CT molecular complexity index is 1190. The standard InChI is InChI=1S/C48H79NO7/c1-6-8-10-12-14-16-18-20-21-22-23-24-25-27-29-31-33-35-37-39-47(51)56-44(42-54-41-40-45(48(52)53)49(3,4)5)43-55-46(50)38-36-34-32-30-28-26-19-17-15-13-11-9-7-2/h8-11,13-17,19-21,26,28,44-45H,6-7,12,18,22-25,27,29-43H2,1-5H3/b10-8+,11-9+,15-13+,16-14+,19-17+,21-20+,28-26+. The minimum absolute atomic E-state index is 0.0206. The number of nitrogens with zero attached hydrogens (tertiary/aromatic N) is 1. The first-order valence-electron chi connectivity index (χ1n) is 21.7. The number of hydrogen-bond acceptors (Lipinski definition) is 7. The topological polar surface area (TPSA) is 102 Å². The van der Waals surface area contributed by atoms with Gasteiger partial charge >= 0.3 is 11.9 Å². The molecule has 0 saturated carbocycles. The summed E-state index contributed by atoms with van der Waals surface area (Å²) in [5.74, 6) is -1.81. The van der Waals surface area contributed by atoms with E-state index in [0.29, 0.717) is 12.8 Å². The van der Waals surface area contributed by atoms with Crippen LogP contribution >= 0.6 is 0 Å². The zero-order valence-corrected chi connectivity index (χ0v) is 36.0. The Morgan fingerprint density at radius 3 is 1.62 bits per heavy atom. The Labute approximate surface area is 342 Å². The Morgan fingerprint density at radius 1 is 0.554 bits per heavy atom. The predicted molar refractivity (Wildman–Crippen MR) is 231 cm³/mol. The number of rotatable bonds is 37. The van der Waals surface area contributed by atoms with Gasteiger partial charge in [-0.25, -0.2) is 0 Å². The van der Waals surface area contributed by atoms with Crippen LogP contribution in [-0.4, -0.2) is 75.5 Å². The predicted octanol–water partition coefficient (Wildman–Crippen LogP) is 10.4. The first-order valence-corrected chi connectivity index (χ1v) is 21.7. The molecule has 0 aromatic carbocycles. The molecule has 0 radical (unpaired) electrons. The van der Waals surface area contributed by atoms with Crippen LogP contribution in [0.4, 0.5) is 0 Å². The van der Waals surface area contributed by atoms with Gasteiger partial charge in [0.2, 0.25) is 0 Å². The Kier molecular flexibility index (Phi) is 36.0. The van der Waals surface area contributed by atoms with Gasteiger partial charge in [-0.05, 0) is 64.2 Å². The van der Waals surface area contributed by atoms with Crippen molar-refractivity contribution in [2.75, 3.05) is 41.0 Å². The summed E-state index contributed by atoms with van der Waals surface area (Å²) in [6.07, 6.45) is 49.0. The summed E-state index contributed by atoms with van der Waals surface area (Å²) < 4.78 is 17.1. The van der Waals surface area contributed by atoms with Crippen molar-refractivity contribution < 1.29 is 38.2 Å². The lowest BCUT2D eigenvalue weighted by molar-refractivity contribution is -0.889. The van der Waals surface area contributed by atoms with E-state index < -0.39 is 18.1 Å². The van der Waals surface area contributed by atoms with Crippen LogP contribution in [0.25, 0.3) is 0 Å². The lowest BCUT2D eigenvalue weighted by Crippen LogP contribution is -2.55. The van der Waals surface area contributed by atoms with Crippen molar-refractivity contribution in [3.63, 3.8) is 0 Å². The summed E-state index contributed by atoms with van der Waals surface area (Å²) in [6.45, 7) is 4.34. The Balaban J connectivity index is 4.40. The summed E-state index contributed by atoms with van der Waals surface area (Å²) in [4.78, 5) is 36.8. The molecule has 0 saturated heterocycles. The number of aliphatic carboxylic acids is 1. The molecule has 0 N–H and O–H groups in total. The van der Waals surface area contributed by atoms with Gasteiger partial charge in [0.05, 0.1) is 40.3 Å². The second-order valence-electron chi connectivity index (χ2n) is 15.3. The van der Waals surface area contributed by atoms with Gasteiger partial charge in [-0.3, -0.25) is 9.59 Å². The maximum Gasteiger partial charge on any atom is 0.306 e. The van der Waals surface area contributed by atoms with Crippen molar-refractivity contribution in [3.05, 3.63) is 85.1 Å². The summed E-state index contributed by atoms with van der Waals surface area (Å²) in [7, 11) is 5.38. The number of unbranched alkanes of at least 4 members (excludes halogenated alkanes) is 12. The second-order valence-corrected chi connectivity index (χ2v) is 15.3. The highest BCUT2D eigenvalue weighted by molar-refractivity contribution is 5.70. The first kappa shape index (κ1) is 52.5. The fraction of sp³-hybridized carbons (Fsp3) is 0.646. The number of quaternary nitrogens is 1. The molecule has 0 fully saturated rings. The van der Waals surface area contributed by atoms with Gasteiger partial charge < -0.3 is 28.6 Å². The Morgan fingerprint density at radius 2 is 1.04 bits per heavy atom. The number of ether oxygens (including phenoxy) is 3. The number of carbonyl (C=O) groups is 3. The molecule has 2 unspecified atom stereocenters. The molecule has 0 spiro atoms.